The second kappa shape index (κ2) is 6.09. The molecule has 6 aromatic rings. The quantitative estimate of drug-likeness (QED) is 0.248. The van der Waals surface area contributed by atoms with Crippen LogP contribution in [0.2, 0.25) is 0 Å². The minimum absolute atomic E-state index is 0.694. The first-order valence-electron chi connectivity index (χ1n) is 10.7. The van der Waals surface area contributed by atoms with Crippen molar-refractivity contribution in [3.8, 4) is 33.4 Å². The molecule has 0 radical (unpaired) electrons. The van der Waals surface area contributed by atoms with Gasteiger partial charge in [-0.15, -0.1) is 0 Å². The molecule has 148 valence electrons. The molecule has 0 amide bonds. The Bertz CT molecular complexity index is 1790. The molecule has 32 heavy (non-hydrogen) atoms. The molecular formula is C30H17NO. The summed E-state index contributed by atoms with van der Waals surface area (Å²) in [7, 11) is 0. The molecule has 2 heteroatoms. The number of aryl methyl sites for hydroxylation is 1. The van der Waals surface area contributed by atoms with E-state index in [1.54, 1.807) is 0 Å². The SMILES string of the molecule is [C-]#[N+]c1ccc(-c2c3c(cc4oc5ccccc5c24)-c2cccc4cccc-3c24)cc1C. The van der Waals surface area contributed by atoms with E-state index >= 15 is 0 Å². The van der Waals surface area contributed by atoms with E-state index in [9.17, 15) is 0 Å². The Balaban J connectivity index is 1.72. The lowest BCUT2D eigenvalue weighted by atomic mass is 9.88. The van der Waals surface area contributed by atoms with Crippen LogP contribution in [0.5, 0.6) is 0 Å². The highest BCUT2D eigenvalue weighted by Gasteiger charge is 2.28. The summed E-state index contributed by atoms with van der Waals surface area (Å²) in [4.78, 5) is 3.67. The molecule has 0 saturated heterocycles. The van der Waals surface area contributed by atoms with Crippen molar-refractivity contribution < 1.29 is 4.42 Å². The summed E-state index contributed by atoms with van der Waals surface area (Å²) >= 11 is 0. The molecular weight excluding hydrogens is 390 g/mol. The summed E-state index contributed by atoms with van der Waals surface area (Å²) < 4.78 is 6.36. The van der Waals surface area contributed by atoms with E-state index < -0.39 is 0 Å². The van der Waals surface area contributed by atoms with Gasteiger partial charge in [0.25, 0.3) is 0 Å². The van der Waals surface area contributed by atoms with Gasteiger partial charge in [0, 0.05) is 16.3 Å². The first-order valence-corrected chi connectivity index (χ1v) is 10.7. The Morgan fingerprint density at radius 1 is 0.688 bits per heavy atom. The van der Waals surface area contributed by atoms with Crippen molar-refractivity contribution in [2.24, 2.45) is 0 Å². The molecule has 0 unspecified atom stereocenters. The zero-order valence-electron chi connectivity index (χ0n) is 17.4. The van der Waals surface area contributed by atoms with Crippen LogP contribution in [0, 0.1) is 13.5 Å². The molecule has 1 aromatic heterocycles. The normalized spacial score (nSPS) is 11.9. The smallest absolute Gasteiger partial charge is 0.190 e. The highest BCUT2D eigenvalue weighted by atomic mass is 16.3. The zero-order chi connectivity index (χ0) is 21.4. The van der Waals surface area contributed by atoms with E-state index in [1.165, 1.54) is 38.6 Å². The minimum atomic E-state index is 0.694. The third kappa shape index (κ3) is 2.12. The second-order valence-corrected chi connectivity index (χ2v) is 8.47. The third-order valence-electron chi connectivity index (χ3n) is 6.74. The Hall–Kier alpha value is -4.35. The Morgan fingerprint density at radius 3 is 2.31 bits per heavy atom. The highest BCUT2D eigenvalue weighted by Crippen LogP contribution is 2.54. The molecule has 1 heterocycles. The van der Waals surface area contributed by atoms with Crippen LogP contribution in [0.15, 0.2) is 89.3 Å². The van der Waals surface area contributed by atoms with Crippen molar-refractivity contribution in [2.45, 2.75) is 6.92 Å². The number of hydrogen-bond donors (Lipinski definition) is 0. The van der Waals surface area contributed by atoms with Crippen LogP contribution in [-0.2, 0) is 0 Å². The standard InChI is InChI=1S/C30H17NO/c1-17-15-19(13-14-24(17)31-2)28-29-22-11-6-8-18-7-5-10-20(27(18)22)23(29)16-26-30(28)21-9-3-4-12-25(21)32-26/h3-16H,1H3. The Labute approximate surface area is 185 Å². The fourth-order valence-corrected chi connectivity index (χ4v) is 5.38. The predicted octanol–water partition coefficient (Wildman–Crippen LogP) is 8.91. The van der Waals surface area contributed by atoms with E-state index in [2.05, 4.69) is 71.6 Å². The first kappa shape index (κ1) is 17.3. The molecule has 1 aliphatic carbocycles. The maximum Gasteiger partial charge on any atom is 0.190 e. The van der Waals surface area contributed by atoms with Crippen LogP contribution in [0.25, 0.3) is 70.9 Å². The van der Waals surface area contributed by atoms with E-state index in [4.69, 9.17) is 11.0 Å². The summed E-state index contributed by atoms with van der Waals surface area (Å²) in [6.45, 7) is 9.48. The number of benzene rings is 5. The predicted molar refractivity (Wildman–Crippen MR) is 132 cm³/mol. The van der Waals surface area contributed by atoms with E-state index in [1.807, 2.05) is 25.1 Å². The van der Waals surface area contributed by atoms with Crippen molar-refractivity contribution in [3.63, 3.8) is 0 Å². The van der Waals surface area contributed by atoms with Gasteiger partial charge in [0.1, 0.15) is 11.2 Å². The van der Waals surface area contributed by atoms with Crippen molar-refractivity contribution in [2.75, 3.05) is 0 Å². The second-order valence-electron chi connectivity index (χ2n) is 8.47. The average Bonchev–Trinajstić information content (AvgIpc) is 3.35. The summed E-state index contributed by atoms with van der Waals surface area (Å²) in [5.41, 5.74) is 10.8. The molecule has 1 aliphatic rings. The molecule has 0 aliphatic heterocycles. The van der Waals surface area contributed by atoms with Gasteiger partial charge in [0.2, 0.25) is 0 Å². The largest absolute Gasteiger partial charge is 0.456 e. The molecule has 0 atom stereocenters. The lowest BCUT2D eigenvalue weighted by Gasteiger charge is -2.14. The summed E-state index contributed by atoms with van der Waals surface area (Å²) in [6, 6.07) is 29.7. The number of hydrogen-bond acceptors (Lipinski definition) is 1. The number of rotatable bonds is 1. The van der Waals surface area contributed by atoms with Gasteiger partial charge < -0.3 is 4.42 Å². The fourth-order valence-electron chi connectivity index (χ4n) is 5.38. The summed E-state index contributed by atoms with van der Waals surface area (Å²) in [5, 5.41) is 4.82. The van der Waals surface area contributed by atoms with Gasteiger partial charge in [-0.1, -0.05) is 72.8 Å². The molecule has 0 N–H and O–H groups in total. The molecule has 0 bridgehead atoms. The highest BCUT2D eigenvalue weighted by molar-refractivity contribution is 6.25. The lowest BCUT2D eigenvalue weighted by Crippen LogP contribution is -1.88. The van der Waals surface area contributed by atoms with E-state index in [0.717, 1.165) is 33.1 Å². The van der Waals surface area contributed by atoms with Crippen LogP contribution in [-0.4, -0.2) is 0 Å². The average molecular weight is 407 g/mol. The lowest BCUT2D eigenvalue weighted by molar-refractivity contribution is 0.669. The Kier molecular flexibility index (Phi) is 3.30. The van der Waals surface area contributed by atoms with Crippen LogP contribution < -0.4 is 0 Å². The van der Waals surface area contributed by atoms with Crippen molar-refractivity contribution in [1.29, 1.82) is 0 Å². The van der Waals surface area contributed by atoms with Crippen LogP contribution in [0.3, 0.4) is 0 Å². The molecule has 5 aromatic carbocycles. The number of furan rings is 1. The molecule has 0 fully saturated rings. The molecule has 0 saturated carbocycles. The van der Waals surface area contributed by atoms with Gasteiger partial charge in [0.15, 0.2) is 5.69 Å². The monoisotopic (exact) mass is 407 g/mol. The number of para-hydroxylation sites is 1. The molecule has 7 rings (SSSR count). The first-order chi connectivity index (χ1) is 15.7. The fraction of sp³-hybridized carbons (Fsp3) is 0.0333. The number of nitrogens with zero attached hydrogens (tertiary/aromatic N) is 1. The molecule has 2 nitrogen and oxygen atoms in total. The maximum absolute atomic E-state index is 7.47. The van der Waals surface area contributed by atoms with Crippen LogP contribution in [0.1, 0.15) is 5.56 Å². The van der Waals surface area contributed by atoms with Crippen LogP contribution in [0.4, 0.5) is 5.69 Å². The number of fused-ring (bicyclic) bond motifs is 6. The van der Waals surface area contributed by atoms with Crippen molar-refractivity contribution >= 4 is 38.4 Å². The minimum Gasteiger partial charge on any atom is -0.456 e. The van der Waals surface area contributed by atoms with E-state index in [-0.39, 0.29) is 0 Å². The Morgan fingerprint density at radius 2 is 1.50 bits per heavy atom. The van der Waals surface area contributed by atoms with Gasteiger partial charge >= 0.3 is 0 Å². The van der Waals surface area contributed by atoms with Crippen LogP contribution >= 0.6 is 0 Å². The van der Waals surface area contributed by atoms with Gasteiger partial charge in [0.05, 0.1) is 6.57 Å². The maximum atomic E-state index is 7.47. The summed E-state index contributed by atoms with van der Waals surface area (Å²) in [6.07, 6.45) is 0. The van der Waals surface area contributed by atoms with Crippen molar-refractivity contribution in [1.82, 2.24) is 0 Å². The summed E-state index contributed by atoms with van der Waals surface area (Å²) in [5.74, 6) is 0. The van der Waals surface area contributed by atoms with E-state index in [0.29, 0.717) is 5.69 Å². The van der Waals surface area contributed by atoms with Gasteiger partial charge in [-0.25, -0.2) is 4.85 Å². The zero-order valence-corrected chi connectivity index (χ0v) is 17.4. The third-order valence-corrected chi connectivity index (χ3v) is 6.74. The van der Waals surface area contributed by atoms with Gasteiger partial charge in [-0.05, 0) is 63.2 Å². The van der Waals surface area contributed by atoms with Gasteiger partial charge in [-0.2, -0.15) is 0 Å². The topological polar surface area (TPSA) is 17.5 Å². The molecule has 0 spiro atoms. The van der Waals surface area contributed by atoms with Gasteiger partial charge in [-0.3, -0.25) is 0 Å². The van der Waals surface area contributed by atoms with Crippen molar-refractivity contribution in [3.05, 3.63) is 102 Å².